The number of phenolic OH excluding ortho intramolecular Hbond substituents is 1. The molecule has 1 aromatic carbocycles. The standard InChI is InChI=1S/C12H11IO3/c1-5-6(2)12(15)16-11-7(3)10(14)9(13)4-8(5)11/h4,14H,1-3H3. The van der Waals surface area contributed by atoms with E-state index < -0.39 is 0 Å². The lowest BCUT2D eigenvalue weighted by molar-refractivity contribution is 0.464. The molecule has 0 saturated heterocycles. The largest absolute Gasteiger partial charge is 0.506 e. The second-order valence-corrected chi connectivity index (χ2v) is 5.01. The summed E-state index contributed by atoms with van der Waals surface area (Å²) in [5.41, 5.74) is 2.28. The lowest BCUT2D eigenvalue weighted by Crippen LogP contribution is -2.06. The van der Waals surface area contributed by atoms with E-state index in [0.29, 0.717) is 16.7 Å². The van der Waals surface area contributed by atoms with E-state index in [4.69, 9.17) is 4.42 Å². The molecule has 0 bridgehead atoms. The topological polar surface area (TPSA) is 50.4 Å². The SMILES string of the molecule is Cc1c(C)c2cc(I)c(O)c(C)c2oc1=O. The molecule has 1 heterocycles. The van der Waals surface area contributed by atoms with Crippen LogP contribution in [-0.4, -0.2) is 5.11 Å². The molecule has 4 heteroatoms. The first-order chi connectivity index (χ1) is 7.43. The van der Waals surface area contributed by atoms with Crippen molar-refractivity contribution in [1.29, 1.82) is 0 Å². The molecule has 0 saturated carbocycles. The fraction of sp³-hybridized carbons (Fsp3) is 0.250. The number of rotatable bonds is 0. The second-order valence-electron chi connectivity index (χ2n) is 3.85. The van der Waals surface area contributed by atoms with Gasteiger partial charge in [-0.1, -0.05) is 0 Å². The van der Waals surface area contributed by atoms with Crippen LogP contribution in [0.4, 0.5) is 0 Å². The van der Waals surface area contributed by atoms with Gasteiger partial charge in [0.15, 0.2) is 0 Å². The first kappa shape index (κ1) is 11.4. The minimum absolute atomic E-state index is 0.180. The summed E-state index contributed by atoms with van der Waals surface area (Å²) in [6.45, 7) is 5.38. The first-order valence-electron chi connectivity index (χ1n) is 4.85. The number of phenols is 1. The highest BCUT2D eigenvalue weighted by Gasteiger charge is 2.14. The number of halogens is 1. The third-order valence-electron chi connectivity index (χ3n) is 2.91. The molecule has 0 unspecified atom stereocenters. The van der Waals surface area contributed by atoms with E-state index in [0.717, 1.165) is 14.5 Å². The maximum Gasteiger partial charge on any atom is 0.339 e. The predicted molar refractivity (Wildman–Crippen MR) is 71.1 cm³/mol. The molecule has 0 fully saturated rings. The van der Waals surface area contributed by atoms with E-state index in [1.807, 2.05) is 13.0 Å². The fourth-order valence-electron chi connectivity index (χ4n) is 1.68. The highest BCUT2D eigenvalue weighted by Crippen LogP contribution is 2.32. The molecule has 1 aromatic heterocycles. The molecule has 0 radical (unpaired) electrons. The van der Waals surface area contributed by atoms with E-state index in [-0.39, 0.29) is 11.4 Å². The van der Waals surface area contributed by atoms with E-state index in [9.17, 15) is 9.90 Å². The molecule has 2 rings (SSSR count). The van der Waals surface area contributed by atoms with Crippen molar-refractivity contribution in [2.45, 2.75) is 20.8 Å². The number of hydrogen-bond acceptors (Lipinski definition) is 3. The quantitative estimate of drug-likeness (QED) is 0.597. The maximum atomic E-state index is 11.6. The molecule has 0 aliphatic heterocycles. The second kappa shape index (κ2) is 3.76. The highest BCUT2D eigenvalue weighted by atomic mass is 127. The number of fused-ring (bicyclic) bond motifs is 1. The summed E-state index contributed by atoms with van der Waals surface area (Å²) < 4.78 is 5.98. The number of aromatic hydroxyl groups is 1. The van der Waals surface area contributed by atoms with Gasteiger partial charge in [-0.3, -0.25) is 0 Å². The van der Waals surface area contributed by atoms with Gasteiger partial charge in [-0.2, -0.15) is 0 Å². The van der Waals surface area contributed by atoms with Gasteiger partial charge in [-0.15, -0.1) is 0 Å². The van der Waals surface area contributed by atoms with Crippen LogP contribution in [0.5, 0.6) is 5.75 Å². The summed E-state index contributed by atoms with van der Waals surface area (Å²) >= 11 is 2.07. The molecule has 0 amide bonds. The van der Waals surface area contributed by atoms with Crippen molar-refractivity contribution in [3.05, 3.63) is 36.7 Å². The maximum absolute atomic E-state index is 11.6. The van der Waals surface area contributed by atoms with E-state index in [1.54, 1.807) is 13.8 Å². The summed E-state index contributed by atoms with van der Waals surface area (Å²) in [6, 6.07) is 1.84. The van der Waals surface area contributed by atoms with Gasteiger partial charge >= 0.3 is 5.63 Å². The molecule has 2 aromatic rings. The van der Waals surface area contributed by atoms with Crippen LogP contribution in [-0.2, 0) is 0 Å². The van der Waals surface area contributed by atoms with Crippen LogP contribution in [0.15, 0.2) is 15.3 Å². The zero-order valence-corrected chi connectivity index (χ0v) is 11.4. The van der Waals surface area contributed by atoms with Crippen LogP contribution in [0.3, 0.4) is 0 Å². The van der Waals surface area contributed by atoms with Gasteiger partial charge in [0.05, 0.1) is 3.57 Å². The van der Waals surface area contributed by atoms with Gasteiger partial charge in [0, 0.05) is 16.5 Å². The summed E-state index contributed by atoms with van der Waals surface area (Å²) in [4.78, 5) is 11.6. The van der Waals surface area contributed by atoms with Crippen molar-refractivity contribution in [3.63, 3.8) is 0 Å². The molecule has 3 nitrogen and oxygen atoms in total. The number of hydrogen-bond donors (Lipinski definition) is 1. The summed E-state index contributed by atoms with van der Waals surface area (Å²) in [6.07, 6.45) is 0. The number of benzene rings is 1. The van der Waals surface area contributed by atoms with Crippen LogP contribution in [0, 0.1) is 24.3 Å². The van der Waals surface area contributed by atoms with Crippen molar-refractivity contribution >= 4 is 33.6 Å². The van der Waals surface area contributed by atoms with Gasteiger partial charge < -0.3 is 9.52 Å². The van der Waals surface area contributed by atoms with Gasteiger partial charge in [0.25, 0.3) is 0 Å². The number of aryl methyl sites for hydroxylation is 2. The molecule has 16 heavy (non-hydrogen) atoms. The molecular formula is C12H11IO3. The zero-order chi connectivity index (χ0) is 12.0. The summed E-state index contributed by atoms with van der Waals surface area (Å²) in [5.74, 6) is 0.180. The lowest BCUT2D eigenvalue weighted by atomic mass is 10.0. The molecular weight excluding hydrogens is 319 g/mol. The molecule has 0 aliphatic carbocycles. The minimum atomic E-state index is -0.339. The molecule has 0 aliphatic rings. The normalized spacial score (nSPS) is 11.0. The Morgan fingerprint density at radius 1 is 1.19 bits per heavy atom. The third-order valence-corrected chi connectivity index (χ3v) is 3.73. The fourth-order valence-corrected chi connectivity index (χ4v) is 2.40. The minimum Gasteiger partial charge on any atom is -0.506 e. The van der Waals surface area contributed by atoms with Crippen LogP contribution in [0.2, 0.25) is 0 Å². The molecule has 1 N–H and O–H groups in total. The van der Waals surface area contributed by atoms with E-state index in [2.05, 4.69) is 22.6 Å². The van der Waals surface area contributed by atoms with Crippen molar-refractivity contribution in [2.75, 3.05) is 0 Å². The van der Waals surface area contributed by atoms with Crippen LogP contribution in [0.1, 0.15) is 16.7 Å². The van der Waals surface area contributed by atoms with Gasteiger partial charge in [0.2, 0.25) is 0 Å². The Morgan fingerprint density at radius 2 is 1.81 bits per heavy atom. The molecule has 0 atom stereocenters. The zero-order valence-electron chi connectivity index (χ0n) is 9.22. The Balaban J connectivity index is 3.08. The summed E-state index contributed by atoms with van der Waals surface area (Å²) in [5, 5.41) is 10.7. The van der Waals surface area contributed by atoms with Crippen LogP contribution in [0.25, 0.3) is 11.0 Å². The summed E-state index contributed by atoms with van der Waals surface area (Å²) in [7, 11) is 0. The Labute approximate surface area is 106 Å². The van der Waals surface area contributed by atoms with Crippen molar-refractivity contribution < 1.29 is 9.52 Å². The van der Waals surface area contributed by atoms with E-state index >= 15 is 0 Å². The smallest absolute Gasteiger partial charge is 0.339 e. The monoisotopic (exact) mass is 330 g/mol. The first-order valence-corrected chi connectivity index (χ1v) is 5.93. The van der Waals surface area contributed by atoms with Crippen LogP contribution < -0.4 is 5.63 Å². The Bertz CT molecular complexity index is 641. The van der Waals surface area contributed by atoms with Crippen molar-refractivity contribution in [3.8, 4) is 5.75 Å². The van der Waals surface area contributed by atoms with E-state index in [1.165, 1.54) is 0 Å². The Morgan fingerprint density at radius 3 is 2.44 bits per heavy atom. The Kier molecular flexibility index (Phi) is 2.69. The molecule has 0 spiro atoms. The molecule has 84 valence electrons. The lowest BCUT2D eigenvalue weighted by Gasteiger charge is -2.09. The average molecular weight is 330 g/mol. The van der Waals surface area contributed by atoms with Crippen LogP contribution >= 0.6 is 22.6 Å². The van der Waals surface area contributed by atoms with Gasteiger partial charge in [-0.05, 0) is 55.0 Å². The van der Waals surface area contributed by atoms with Crippen molar-refractivity contribution in [2.24, 2.45) is 0 Å². The highest BCUT2D eigenvalue weighted by molar-refractivity contribution is 14.1. The third kappa shape index (κ3) is 1.52. The Hall–Kier alpha value is -1.04. The average Bonchev–Trinajstić information content (AvgIpc) is 2.25. The van der Waals surface area contributed by atoms with Gasteiger partial charge in [-0.25, -0.2) is 4.79 Å². The van der Waals surface area contributed by atoms with Gasteiger partial charge in [0.1, 0.15) is 11.3 Å². The predicted octanol–water partition coefficient (Wildman–Crippen LogP) is 3.03. The van der Waals surface area contributed by atoms with Crippen molar-refractivity contribution in [1.82, 2.24) is 0 Å².